The van der Waals surface area contributed by atoms with Gasteiger partial charge in [0.05, 0.1) is 29.7 Å². The standard InChI is InChI=1S/C19H17N7/c20-10-13-1-5-21-17(9-13)25-7-3-14(4-8-25)26-12-24-16-11-23-19-15(18(16)26)2-6-22-19/h1-2,5-6,9,11-12,14H,3-4,7-8H2,(H,22,23). The number of piperidine rings is 1. The highest BCUT2D eigenvalue weighted by molar-refractivity contribution is 6.00. The van der Waals surface area contributed by atoms with Gasteiger partial charge in [0.1, 0.15) is 17.0 Å². The molecule has 0 aliphatic carbocycles. The molecule has 5 heterocycles. The molecule has 1 N–H and O–H groups in total. The van der Waals surface area contributed by atoms with Crippen molar-refractivity contribution in [3.8, 4) is 6.07 Å². The molecule has 0 aromatic carbocycles. The van der Waals surface area contributed by atoms with Crippen LogP contribution < -0.4 is 4.90 Å². The number of nitrogens with one attached hydrogen (secondary N) is 1. The Hall–Kier alpha value is -3.40. The Bertz CT molecular complexity index is 1130. The number of imidazole rings is 1. The van der Waals surface area contributed by atoms with Crippen molar-refractivity contribution >= 4 is 27.9 Å². The quantitative estimate of drug-likeness (QED) is 0.604. The van der Waals surface area contributed by atoms with Crippen molar-refractivity contribution in [3.63, 3.8) is 0 Å². The van der Waals surface area contributed by atoms with Crippen LogP contribution in [0.3, 0.4) is 0 Å². The lowest BCUT2D eigenvalue weighted by Gasteiger charge is -2.33. The molecule has 1 saturated heterocycles. The molecule has 4 aromatic rings. The van der Waals surface area contributed by atoms with Crippen molar-refractivity contribution in [2.75, 3.05) is 18.0 Å². The average molecular weight is 343 g/mol. The molecule has 128 valence electrons. The summed E-state index contributed by atoms with van der Waals surface area (Å²) in [4.78, 5) is 18.8. The van der Waals surface area contributed by atoms with Crippen molar-refractivity contribution in [1.82, 2.24) is 24.5 Å². The van der Waals surface area contributed by atoms with Crippen molar-refractivity contribution in [1.29, 1.82) is 5.26 Å². The lowest BCUT2D eigenvalue weighted by atomic mass is 10.0. The fraction of sp³-hybridized carbons (Fsp3) is 0.263. The highest BCUT2D eigenvalue weighted by Crippen LogP contribution is 2.31. The Morgan fingerprint density at radius 1 is 1.15 bits per heavy atom. The van der Waals surface area contributed by atoms with Gasteiger partial charge in [-0.25, -0.2) is 15.0 Å². The molecule has 0 radical (unpaired) electrons. The third-order valence-electron chi connectivity index (χ3n) is 5.17. The van der Waals surface area contributed by atoms with Gasteiger partial charge in [0.2, 0.25) is 0 Å². The summed E-state index contributed by atoms with van der Waals surface area (Å²) in [6.45, 7) is 1.82. The molecular weight excluding hydrogens is 326 g/mol. The van der Waals surface area contributed by atoms with Crippen LogP contribution in [0.15, 0.2) is 43.1 Å². The smallest absolute Gasteiger partial charge is 0.139 e. The van der Waals surface area contributed by atoms with E-state index in [4.69, 9.17) is 5.26 Å². The number of anilines is 1. The zero-order valence-electron chi connectivity index (χ0n) is 14.1. The lowest BCUT2D eigenvalue weighted by molar-refractivity contribution is 0.403. The molecule has 5 rings (SSSR count). The predicted molar refractivity (Wildman–Crippen MR) is 98.8 cm³/mol. The van der Waals surface area contributed by atoms with E-state index in [0.717, 1.165) is 53.8 Å². The van der Waals surface area contributed by atoms with Gasteiger partial charge in [0.15, 0.2) is 0 Å². The normalized spacial score (nSPS) is 15.6. The van der Waals surface area contributed by atoms with Crippen LogP contribution in [0.5, 0.6) is 0 Å². The van der Waals surface area contributed by atoms with Gasteiger partial charge in [-0.1, -0.05) is 0 Å². The molecule has 1 aliphatic rings. The minimum Gasteiger partial charge on any atom is -0.356 e. The molecule has 7 heteroatoms. The number of pyridine rings is 2. The van der Waals surface area contributed by atoms with Crippen LogP contribution in [-0.4, -0.2) is 37.6 Å². The zero-order valence-corrected chi connectivity index (χ0v) is 14.1. The fourth-order valence-corrected chi connectivity index (χ4v) is 3.84. The fourth-order valence-electron chi connectivity index (χ4n) is 3.84. The van der Waals surface area contributed by atoms with E-state index in [0.29, 0.717) is 11.6 Å². The van der Waals surface area contributed by atoms with Gasteiger partial charge in [-0.05, 0) is 31.0 Å². The maximum absolute atomic E-state index is 9.08. The van der Waals surface area contributed by atoms with E-state index in [1.807, 2.05) is 24.8 Å². The third kappa shape index (κ3) is 2.30. The average Bonchev–Trinajstić information content (AvgIpc) is 3.34. The van der Waals surface area contributed by atoms with Gasteiger partial charge >= 0.3 is 0 Å². The van der Waals surface area contributed by atoms with Crippen molar-refractivity contribution in [2.45, 2.75) is 18.9 Å². The largest absolute Gasteiger partial charge is 0.356 e. The summed E-state index contributed by atoms with van der Waals surface area (Å²) in [5, 5.41) is 10.2. The summed E-state index contributed by atoms with van der Waals surface area (Å²) >= 11 is 0. The maximum Gasteiger partial charge on any atom is 0.139 e. The summed E-state index contributed by atoms with van der Waals surface area (Å²) in [7, 11) is 0. The number of fused-ring (bicyclic) bond motifs is 3. The topological polar surface area (TPSA) is 86.4 Å². The molecule has 0 saturated carbocycles. The Balaban J connectivity index is 1.43. The SMILES string of the molecule is N#Cc1ccnc(N2CCC(n3cnc4cnc5[nH]ccc5c43)CC2)c1. The van der Waals surface area contributed by atoms with Crippen LogP contribution >= 0.6 is 0 Å². The molecule has 0 atom stereocenters. The summed E-state index contributed by atoms with van der Waals surface area (Å²) in [5.74, 6) is 0.884. The first kappa shape index (κ1) is 14.9. The zero-order chi connectivity index (χ0) is 17.5. The van der Waals surface area contributed by atoms with Gasteiger partial charge < -0.3 is 14.5 Å². The number of H-pyrrole nitrogens is 1. The molecule has 0 spiro atoms. The molecular formula is C19H17N7. The van der Waals surface area contributed by atoms with Crippen LogP contribution in [0.4, 0.5) is 5.82 Å². The summed E-state index contributed by atoms with van der Waals surface area (Å²) in [6.07, 6.45) is 9.42. The molecule has 0 bridgehead atoms. The van der Waals surface area contributed by atoms with E-state index in [1.165, 1.54) is 0 Å². The van der Waals surface area contributed by atoms with Crippen LogP contribution in [0, 0.1) is 11.3 Å². The predicted octanol–water partition coefficient (Wildman–Crippen LogP) is 3.02. The molecule has 26 heavy (non-hydrogen) atoms. The Kier molecular flexibility index (Phi) is 3.35. The number of aromatic amines is 1. The lowest BCUT2D eigenvalue weighted by Crippen LogP contribution is -2.35. The number of rotatable bonds is 2. The number of nitrogens with zero attached hydrogens (tertiary/aromatic N) is 6. The van der Waals surface area contributed by atoms with Crippen LogP contribution in [-0.2, 0) is 0 Å². The number of hydrogen-bond acceptors (Lipinski definition) is 5. The van der Waals surface area contributed by atoms with E-state index < -0.39 is 0 Å². The molecule has 1 aliphatic heterocycles. The minimum atomic E-state index is 0.399. The van der Waals surface area contributed by atoms with E-state index in [1.54, 1.807) is 12.3 Å². The van der Waals surface area contributed by atoms with E-state index >= 15 is 0 Å². The van der Waals surface area contributed by atoms with Crippen LogP contribution in [0.25, 0.3) is 22.1 Å². The van der Waals surface area contributed by atoms with Gasteiger partial charge in [0, 0.05) is 36.9 Å². The van der Waals surface area contributed by atoms with Gasteiger partial charge in [-0.2, -0.15) is 5.26 Å². The molecule has 0 amide bonds. The molecule has 0 unspecified atom stereocenters. The first-order valence-corrected chi connectivity index (χ1v) is 8.73. The van der Waals surface area contributed by atoms with Gasteiger partial charge in [-0.15, -0.1) is 0 Å². The molecule has 4 aromatic heterocycles. The molecule has 7 nitrogen and oxygen atoms in total. The minimum absolute atomic E-state index is 0.399. The van der Waals surface area contributed by atoms with Crippen molar-refractivity contribution < 1.29 is 0 Å². The van der Waals surface area contributed by atoms with Crippen LogP contribution in [0.1, 0.15) is 24.4 Å². The van der Waals surface area contributed by atoms with Crippen molar-refractivity contribution in [3.05, 3.63) is 48.7 Å². The van der Waals surface area contributed by atoms with Crippen molar-refractivity contribution in [2.24, 2.45) is 0 Å². The summed E-state index contributed by atoms with van der Waals surface area (Å²) < 4.78 is 2.30. The Labute approximate surface area is 149 Å². The van der Waals surface area contributed by atoms with Gasteiger partial charge in [-0.3, -0.25) is 0 Å². The first-order chi connectivity index (χ1) is 12.8. The number of nitriles is 1. The third-order valence-corrected chi connectivity index (χ3v) is 5.17. The second-order valence-electron chi connectivity index (χ2n) is 6.62. The first-order valence-electron chi connectivity index (χ1n) is 8.73. The van der Waals surface area contributed by atoms with Gasteiger partial charge in [0.25, 0.3) is 0 Å². The Morgan fingerprint density at radius 3 is 2.88 bits per heavy atom. The Morgan fingerprint density at radius 2 is 2.04 bits per heavy atom. The number of aromatic nitrogens is 5. The van der Waals surface area contributed by atoms with E-state index in [2.05, 4.69) is 41.5 Å². The second-order valence-corrected chi connectivity index (χ2v) is 6.62. The summed E-state index contributed by atoms with van der Waals surface area (Å²) in [6, 6.07) is 8.25. The summed E-state index contributed by atoms with van der Waals surface area (Å²) in [5.41, 5.74) is 3.64. The monoisotopic (exact) mass is 343 g/mol. The van der Waals surface area contributed by atoms with E-state index in [-0.39, 0.29) is 0 Å². The molecule has 1 fully saturated rings. The highest BCUT2D eigenvalue weighted by atomic mass is 15.2. The number of hydrogen-bond donors (Lipinski definition) is 1. The second kappa shape index (κ2) is 5.85. The maximum atomic E-state index is 9.08. The highest BCUT2D eigenvalue weighted by Gasteiger charge is 2.23. The van der Waals surface area contributed by atoms with Crippen LogP contribution in [0.2, 0.25) is 0 Å². The van der Waals surface area contributed by atoms with E-state index in [9.17, 15) is 0 Å².